The molecule has 2 aromatic heterocycles. The van der Waals surface area contributed by atoms with Gasteiger partial charge < -0.3 is 15.0 Å². The minimum atomic E-state index is -0.160. The molecule has 0 unspecified atom stereocenters. The summed E-state index contributed by atoms with van der Waals surface area (Å²) in [5.74, 6) is 0.751. The van der Waals surface area contributed by atoms with Gasteiger partial charge >= 0.3 is 0 Å². The summed E-state index contributed by atoms with van der Waals surface area (Å²) in [7, 11) is 0. The molecule has 1 N–H and O–H groups in total. The van der Waals surface area contributed by atoms with Gasteiger partial charge in [-0.05, 0) is 11.6 Å². The number of nitrogens with zero attached hydrogens (tertiary/aromatic N) is 3. The summed E-state index contributed by atoms with van der Waals surface area (Å²) in [5.41, 5.74) is 2.65. The van der Waals surface area contributed by atoms with Gasteiger partial charge in [0.25, 0.3) is 5.91 Å². The Bertz CT molecular complexity index is 923. The van der Waals surface area contributed by atoms with Gasteiger partial charge in [0.15, 0.2) is 0 Å². The summed E-state index contributed by atoms with van der Waals surface area (Å²) in [5, 5.41) is 5.74. The summed E-state index contributed by atoms with van der Waals surface area (Å²) in [6, 6.07) is 14.0. The van der Waals surface area contributed by atoms with Crippen LogP contribution in [0.25, 0.3) is 0 Å². The Hall–Kier alpha value is -2.77. The Morgan fingerprint density at radius 1 is 1.14 bits per heavy atom. The fourth-order valence-electron chi connectivity index (χ4n) is 3.16. The summed E-state index contributed by atoms with van der Waals surface area (Å²) in [6.07, 6.45) is 2.52. The van der Waals surface area contributed by atoms with Crippen molar-refractivity contribution in [2.45, 2.75) is 13.0 Å². The highest BCUT2D eigenvalue weighted by atomic mass is 32.1. The molecule has 1 amide bonds. The normalized spacial score (nSPS) is 14.1. The van der Waals surface area contributed by atoms with Crippen molar-refractivity contribution in [1.82, 2.24) is 15.3 Å². The molecule has 4 rings (SSSR count). The van der Waals surface area contributed by atoms with Gasteiger partial charge in [0.05, 0.1) is 18.2 Å². The van der Waals surface area contributed by atoms with Crippen LogP contribution < -0.4 is 10.2 Å². The number of rotatable bonds is 6. The molecule has 1 fully saturated rings. The Labute approximate surface area is 168 Å². The highest BCUT2D eigenvalue weighted by Crippen LogP contribution is 2.19. The van der Waals surface area contributed by atoms with Crippen molar-refractivity contribution in [3.63, 3.8) is 0 Å². The number of amides is 1. The lowest BCUT2D eigenvalue weighted by molar-refractivity contribution is 0.0946. The molecule has 1 aliphatic rings. The maximum atomic E-state index is 12.6. The number of nitrogens with one attached hydrogen (secondary N) is 1. The molecule has 7 heteroatoms. The van der Waals surface area contributed by atoms with E-state index in [0.29, 0.717) is 25.5 Å². The van der Waals surface area contributed by atoms with Gasteiger partial charge in [-0.1, -0.05) is 36.4 Å². The quantitative estimate of drug-likeness (QED) is 0.696. The van der Waals surface area contributed by atoms with E-state index in [0.717, 1.165) is 35.9 Å². The summed E-state index contributed by atoms with van der Waals surface area (Å²) >= 11 is 1.51. The molecule has 0 atom stereocenters. The van der Waals surface area contributed by atoms with Gasteiger partial charge in [-0.15, -0.1) is 11.3 Å². The highest BCUT2D eigenvalue weighted by molar-refractivity contribution is 7.09. The molecular weight excluding hydrogens is 372 g/mol. The zero-order chi connectivity index (χ0) is 19.2. The van der Waals surface area contributed by atoms with E-state index in [2.05, 4.69) is 32.3 Å². The Morgan fingerprint density at radius 2 is 1.96 bits per heavy atom. The largest absolute Gasteiger partial charge is 0.378 e. The molecule has 0 spiro atoms. The second-order valence-electron chi connectivity index (χ2n) is 6.56. The lowest BCUT2D eigenvalue weighted by Gasteiger charge is -2.29. The number of carbonyl (C=O) groups excluding carboxylic acids is 1. The average molecular weight is 395 g/mol. The first-order chi connectivity index (χ1) is 13.8. The van der Waals surface area contributed by atoms with Gasteiger partial charge in [0.1, 0.15) is 11.5 Å². The third-order valence-corrected chi connectivity index (χ3v) is 5.45. The van der Waals surface area contributed by atoms with Crippen LogP contribution in [0.1, 0.15) is 26.6 Å². The van der Waals surface area contributed by atoms with Crippen molar-refractivity contribution in [2.75, 3.05) is 31.2 Å². The Balaban J connectivity index is 1.39. The Morgan fingerprint density at radius 3 is 2.79 bits per heavy atom. The zero-order valence-corrected chi connectivity index (χ0v) is 16.3. The number of morpholine rings is 1. The lowest BCUT2D eigenvalue weighted by atomic mass is 10.2. The molecule has 1 aliphatic heterocycles. The minimum Gasteiger partial charge on any atom is -0.378 e. The van der Waals surface area contributed by atoms with Crippen LogP contribution in [-0.4, -0.2) is 42.2 Å². The van der Waals surface area contributed by atoms with Crippen molar-refractivity contribution in [1.29, 1.82) is 0 Å². The van der Waals surface area contributed by atoms with Crippen LogP contribution >= 0.6 is 11.3 Å². The van der Waals surface area contributed by atoms with Gasteiger partial charge in [-0.25, -0.2) is 9.97 Å². The molecule has 3 aromatic rings. The van der Waals surface area contributed by atoms with Crippen LogP contribution in [0.2, 0.25) is 0 Å². The zero-order valence-electron chi connectivity index (χ0n) is 15.5. The predicted octanol–water partition coefficient (Wildman–Crippen LogP) is 2.90. The number of hydrogen-bond donors (Lipinski definition) is 1. The number of thiazole rings is 1. The van der Waals surface area contributed by atoms with E-state index in [1.807, 2.05) is 35.7 Å². The number of aromatic nitrogens is 2. The number of anilines is 1. The fraction of sp³-hybridized carbons (Fsp3) is 0.286. The van der Waals surface area contributed by atoms with Crippen molar-refractivity contribution in [3.8, 4) is 0 Å². The fourth-order valence-corrected chi connectivity index (χ4v) is 3.97. The Kier molecular flexibility index (Phi) is 5.94. The molecule has 0 saturated carbocycles. The van der Waals surface area contributed by atoms with E-state index in [1.165, 1.54) is 16.9 Å². The van der Waals surface area contributed by atoms with E-state index < -0.39 is 0 Å². The van der Waals surface area contributed by atoms with Gasteiger partial charge in [0.2, 0.25) is 0 Å². The van der Waals surface area contributed by atoms with Crippen molar-refractivity contribution in [2.24, 2.45) is 0 Å². The molecule has 144 valence electrons. The summed E-state index contributed by atoms with van der Waals surface area (Å²) < 4.78 is 5.42. The van der Waals surface area contributed by atoms with Crippen LogP contribution in [0.4, 0.5) is 5.82 Å². The average Bonchev–Trinajstić information content (AvgIpc) is 3.22. The van der Waals surface area contributed by atoms with Gasteiger partial charge in [0, 0.05) is 43.2 Å². The van der Waals surface area contributed by atoms with Crippen LogP contribution in [0.15, 0.2) is 54.0 Å². The van der Waals surface area contributed by atoms with E-state index >= 15 is 0 Å². The molecule has 6 nitrogen and oxygen atoms in total. The molecule has 3 heterocycles. The van der Waals surface area contributed by atoms with Crippen LogP contribution in [0.3, 0.4) is 0 Å². The third-order valence-electron chi connectivity index (χ3n) is 4.60. The first kappa shape index (κ1) is 18.6. The van der Waals surface area contributed by atoms with Crippen LogP contribution in [-0.2, 0) is 17.7 Å². The van der Waals surface area contributed by atoms with Gasteiger partial charge in [-0.3, -0.25) is 4.79 Å². The second-order valence-corrected chi connectivity index (χ2v) is 7.50. The third kappa shape index (κ3) is 4.55. The number of benzene rings is 1. The lowest BCUT2D eigenvalue weighted by Crippen LogP contribution is -2.37. The van der Waals surface area contributed by atoms with Crippen molar-refractivity contribution < 1.29 is 9.53 Å². The molecule has 1 aromatic carbocycles. The number of carbonyl (C=O) groups is 1. The van der Waals surface area contributed by atoms with E-state index in [-0.39, 0.29) is 5.91 Å². The molecule has 0 aliphatic carbocycles. The second kappa shape index (κ2) is 8.95. The summed E-state index contributed by atoms with van der Waals surface area (Å²) in [6.45, 7) is 3.45. The van der Waals surface area contributed by atoms with Gasteiger partial charge in [-0.2, -0.15) is 0 Å². The van der Waals surface area contributed by atoms with Crippen LogP contribution in [0, 0.1) is 0 Å². The van der Waals surface area contributed by atoms with E-state index in [4.69, 9.17) is 4.74 Å². The topological polar surface area (TPSA) is 67.4 Å². The molecule has 0 bridgehead atoms. The van der Waals surface area contributed by atoms with E-state index in [1.54, 1.807) is 6.20 Å². The minimum absolute atomic E-state index is 0.160. The maximum absolute atomic E-state index is 12.6. The molecule has 28 heavy (non-hydrogen) atoms. The standard InChI is InChI=1S/C21H22N4O2S/c26-21(18-15-28-19(24-18)13-16-5-2-1-3-6-16)23-14-17-7-4-8-22-20(17)25-9-11-27-12-10-25/h1-8,15H,9-14H2,(H,23,26). The SMILES string of the molecule is O=C(NCc1cccnc1N1CCOCC1)c1csc(Cc2ccccc2)n1. The smallest absolute Gasteiger partial charge is 0.271 e. The summed E-state index contributed by atoms with van der Waals surface area (Å²) in [4.78, 5) is 23.8. The predicted molar refractivity (Wildman–Crippen MR) is 110 cm³/mol. The van der Waals surface area contributed by atoms with E-state index in [9.17, 15) is 4.79 Å². The number of pyridine rings is 1. The first-order valence-corrected chi connectivity index (χ1v) is 10.2. The van der Waals surface area contributed by atoms with Crippen molar-refractivity contribution in [3.05, 3.63) is 75.9 Å². The van der Waals surface area contributed by atoms with Crippen LogP contribution in [0.5, 0.6) is 0 Å². The van der Waals surface area contributed by atoms with Crippen molar-refractivity contribution >= 4 is 23.1 Å². The monoisotopic (exact) mass is 394 g/mol. The highest BCUT2D eigenvalue weighted by Gasteiger charge is 2.17. The molecular formula is C21H22N4O2S. The molecule has 0 radical (unpaired) electrons. The number of ether oxygens (including phenoxy) is 1. The maximum Gasteiger partial charge on any atom is 0.271 e. The first-order valence-electron chi connectivity index (χ1n) is 9.33. The molecule has 1 saturated heterocycles. The number of hydrogen-bond acceptors (Lipinski definition) is 6.